The van der Waals surface area contributed by atoms with Crippen LogP contribution in [0.3, 0.4) is 0 Å². The fourth-order valence-electron chi connectivity index (χ4n) is 1.85. The molecule has 6 heteroatoms. The molecule has 110 valence electrons. The summed E-state index contributed by atoms with van der Waals surface area (Å²) >= 11 is 0. The first-order valence-corrected chi connectivity index (χ1v) is 8.20. The normalized spacial score (nSPS) is 12.6. The number of sulfonamides is 1. The number of nitrogens with one attached hydrogen (secondary N) is 2. The summed E-state index contributed by atoms with van der Waals surface area (Å²) in [6.07, 6.45) is 1.71. The fourth-order valence-corrected chi connectivity index (χ4v) is 2.94. The van der Waals surface area contributed by atoms with Gasteiger partial charge in [-0.1, -0.05) is 20.8 Å². The van der Waals surface area contributed by atoms with Gasteiger partial charge in [0, 0.05) is 37.1 Å². The molecule has 19 heavy (non-hydrogen) atoms. The van der Waals surface area contributed by atoms with Gasteiger partial charge in [0.25, 0.3) is 0 Å². The van der Waals surface area contributed by atoms with Crippen molar-refractivity contribution < 1.29 is 8.42 Å². The lowest BCUT2D eigenvalue weighted by molar-refractivity contribution is 0.525. The summed E-state index contributed by atoms with van der Waals surface area (Å²) in [5.74, 6) is 0. The van der Waals surface area contributed by atoms with Gasteiger partial charge in [0.05, 0.1) is 4.90 Å². The highest BCUT2D eigenvalue weighted by atomic mass is 32.2. The molecule has 0 saturated carbocycles. The minimum Gasteiger partial charge on any atom is -0.346 e. The molecule has 5 nitrogen and oxygen atoms in total. The van der Waals surface area contributed by atoms with Gasteiger partial charge in [-0.05, 0) is 19.9 Å². The summed E-state index contributed by atoms with van der Waals surface area (Å²) in [5, 5.41) is 3.32. The molecule has 1 aromatic heterocycles. The first kappa shape index (κ1) is 16.2. The van der Waals surface area contributed by atoms with Gasteiger partial charge in [-0.15, -0.1) is 0 Å². The van der Waals surface area contributed by atoms with E-state index in [9.17, 15) is 8.42 Å². The summed E-state index contributed by atoms with van der Waals surface area (Å²) in [6, 6.07) is 2.34. The molecule has 0 radical (unpaired) electrons. The second-order valence-corrected chi connectivity index (χ2v) is 6.97. The lowest BCUT2D eigenvalue weighted by Crippen LogP contribution is -2.23. The Hall–Kier alpha value is -0.850. The molecule has 0 spiro atoms. The maximum absolute atomic E-state index is 12.0. The molecule has 0 amide bonds. The summed E-state index contributed by atoms with van der Waals surface area (Å²) in [5.41, 5.74) is 0.986. The van der Waals surface area contributed by atoms with Crippen molar-refractivity contribution in [2.75, 3.05) is 6.54 Å². The highest BCUT2D eigenvalue weighted by Gasteiger charge is 2.18. The maximum atomic E-state index is 12.0. The molecule has 1 aromatic rings. The topological polar surface area (TPSA) is 63.1 Å². The van der Waals surface area contributed by atoms with Crippen LogP contribution in [0.4, 0.5) is 0 Å². The monoisotopic (exact) mass is 287 g/mol. The van der Waals surface area contributed by atoms with Gasteiger partial charge in [-0.2, -0.15) is 0 Å². The molecule has 1 rings (SSSR count). The van der Waals surface area contributed by atoms with Crippen molar-refractivity contribution in [2.45, 2.75) is 58.1 Å². The second-order valence-electron chi connectivity index (χ2n) is 5.21. The van der Waals surface area contributed by atoms with E-state index in [2.05, 4.69) is 23.9 Å². The van der Waals surface area contributed by atoms with Crippen molar-refractivity contribution in [3.63, 3.8) is 0 Å². The van der Waals surface area contributed by atoms with Crippen LogP contribution in [-0.4, -0.2) is 25.6 Å². The predicted molar refractivity (Wildman–Crippen MR) is 77.7 cm³/mol. The zero-order chi connectivity index (χ0) is 14.6. The van der Waals surface area contributed by atoms with Crippen LogP contribution in [0.5, 0.6) is 0 Å². The maximum Gasteiger partial charge on any atom is 0.242 e. The van der Waals surface area contributed by atoms with Crippen molar-refractivity contribution in [1.29, 1.82) is 0 Å². The van der Waals surface area contributed by atoms with E-state index in [1.165, 1.54) is 0 Å². The number of aromatic nitrogens is 1. The molecule has 0 bridgehead atoms. The molecule has 0 atom stereocenters. The van der Waals surface area contributed by atoms with E-state index in [0.717, 1.165) is 5.69 Å². The van der Waals surface area contributed by atoms with Crippen LogP contribution in [0.15, 0.2) is 17.2 Å². The summed E-state index contributed by atoms with van der Waals surface area (Å²) < 4.78 is 28.5. The lowest BCUT2D eigenvalue weighted by atomic mass is 10.3. The molecule has 0 aliphatic carbocycles. The van der Waals surface area contributed by atoms with Crippen LogP contribution in [0.2, 0.25) is 0 Å². The molecule has 0 unspecified atom stereocenters. The van der Waals surface area contributed by atoms with Gasteiger partial charge in [-0.3, -0.25) is 0 Å². The Morgan fingerprint density at radius 3 is 2.37 bits per heavy atom. The number of hydrogen-bond donors (Lipinski definition) is 2. The third-order valence-electron chi connectivity index (χ3n) is 2.80. The van der Waals surface area contributed by atoms with Crippen molar-refractivity contribution in [3.05, 3.63) is 18.0 Å². The Balaban J connectivity index is 3.07. The van der Waals surface area contributed by atoms with Crippen LogP contribution in [0, 0.1) is 0 Å². The molecule has 1 heterocycles. The Bertz CT molecular complexity index is 504. The molecule has 0 aromatic carbocycles. The standard InChI is InChI=1S/C13H25N3O2S/c1-6-15-19(17,18)13-7-12(8-14-10(2)3)16(9-13)11(4)5/h7,9-11,14-15H,6,8H2,1-5H3. The van der Waals surface area contributed by atoms with Crippen molar-refractivity contribution in [3.8, 4) is 0 Å². The first-order chi connectivity index (χ1) is 8.77. The number of rotatable bonds is 7. The molecule has 0 fully saturated rings. The van der Waals surface area contributed by atoms with Gasteiger partial charge in [0.2, 0.25) is 10.0 Å². The van der Waals surface area contributed by atoms with E-state index in [0.29, 0.717) is 24.0 Å². The fraction of sp³-hybridized carbons (Fsp3) is 0.692. The van der Waals surface area contributed by atoms with Gasteiger partial charge >= 0.3 is 0 Å². The SMILES string of the molecule is CCNS(=O)(=O)c1cc(CNC(C)C)n(C(C)C)c1. The largest absolute Gasteiger partial charge is 0.346 e. The van der Waals surface area contributed by atoms with E-state index >= 15 is 0 Å². The predicted octanol–water partition coefficient (Wildman–Crippen LogP) is 1.87. The highest BCUT2D eigenvalue weighted by Crippen LogP contribution is 2.19. The van der Waals surface area contributed by atoms with Crippen molar-refractivity contribution >= 4 is 10.0 Å². The average Bonchev–Trinajstić information content (AvgIpc) is 2.70. The number of nitrogens with zero attached hydrogens (tertiary/aromatic N) is 1. The minimum atomic E-state index is -3.38. The summed E-state index contributed by atoms with van der Waals surface area (Å²) in [4.78, 5) is 0.337. The van der Waals surface area contributed by atoms with E-state index in [-0.39, 0.29) is 6.04 Å². The minimum absolute atomic E-state index is 0.231. The molecule has 0 aliphatic heterocycles. The zero-order valence-electron chi connectivity index (χ0n) is 12.4. The average molecular weight is 287 g/mol. The Morgan fingerprint density at radius 2 is 1.89 bits per heavy atom. The molecular formula is C13H25N3O2S. The summed E-state index contributed by atoms with van der Waals surface area (Å²) in [6.45, 7) is 11.1. The van der Waals surface area contributed by atoms with Gasteiger partial charge in [0.15, 0.2) is 0 Å². The van der Waals surface area contributed by atoms with E-state index < -0.39 is 10.0 Å². The van der Waals surface area contributed by atoms with Crippen LogP contribution in [0.25, 0.3) is 0 Å². The Labute approximate surface area is 116 Å². The Kier molecular flexibility index (Phi) is 5.58. The zero-order valence-corrected chi connectivity index (χ0v) is 13.2. The quantitative estimate of drug-likeness (QED) is 0.804. The number of hydrogen-bond acceptors (Lipinski definition) is 3. The second kappa shape index (κ2) is 6.54. The van der Waals surface area contributed by atoms with E-state index in [1.54, 1.807) is 19.2 Å². The Morgan fingerprint density at radius 1 is 1.26 bits per heavy atom. The molecular weight excluding hydrogens is 262 g/mol. The van der Waals surface area contributed by atoms with E-state index in [4.69, 9.17) is 0 Å². The molecule has 2 N–H and O–H groups in total. The van der Waals surface area contributed by atoms with Crippen LogP contribution in [-0.2, 0) is 16.6 Å². The third-order valence-corrected chi connectivity index (χ3v) is 4.31. The molecule has 0 aliphatic rings. The van der Waals surface area contributed by atoms with Gasteiger partial charge in [-0.25, -0.2) is 13.1 Å². The third kappa shape index (κ3) is 4.33. The van der Waals surface area contributed by atoms with Crippen LogP contribution < -0.4 is 10.0 Å². The van der Waals surface area contributed by atoms with Crippen LogP contribution in [0.1, 0.15) is 46.4 Å². The summed E-state index contributed by atoms with van der Waals surface area (Å²) in [7, 11) is -3.38. The van der Waals surface area contributed by atoms with Crippen molar-refractivity contribution in [2.24, 2.45) is 0 Å². The first-order valence-electron chi connectivity index (χ1n) is 6.71. The smallest absolute Gasteiger partial charge is 0.242 e. The lowest BCUT2D eigenvalue weighted by Gasteiger charge is -2.14. The van der Waals surface area contributed by atoms with E-state index in [1.807, 2.05) is 18.4 Å². The van der Waals surface area contributed by atoms with Crippen molar-refractivity contribution in [1.82, 2.24) is 14.6 Å². The van der Waals surface area contributed by atoms with Crippen LogP contribution >= 0.6 is 0 Å². The van der Waals surface area contributed by atoms with Gasteiger partial charge < -0.3 is 9.88 Å². The highest BCUT2D eigenvalue weighted by molar-refractivity contribution is 7.89. The van der Waals surface area contributed by atoms with Gasteiger partial charge in [0.1, 0.15) is 0 Å². The molecule has 0 saturated heterocycles.